The van der Waals surface area contributed by atoms with E-state index in [1.807, 2.05) is 12.1 Å². The first-order valence-electron chi connectivity index (χ1n) is 6.35. The number of hydrogen-bond acceptors (Lipinski definition) is 4. The number of nitrogens with two attached hydrogens (primary N) is 1. The maximum Gasteiger partial charge on any atom is 0.187 e. The Kier molecular flexibility index (Phi) is 4.00. The van der Waals surface area contributed by atoms with Crippen LogP contribution in [-0.4, -0.2) is 17.1 Å². The summed E-state index contributed by atoms with van der Waals surface area (Å²) in [7, 11) is 1.58. The number of rotatable bonds is 4. The third-order valence-corrected chi connectivity index (χ3v) is 2.88. The van der Waals surface area contributed by atoms with Crippen LogP contribution in [0, 0.1) is 5.92 Å². The monoisotopic (exact) mass is 257 g/mol. The van der Waals surface area contributed by atoms with Gasteiger partial charge in [0.25, 0.3) is 0 Å². The van der Waals surface area contributed by atoms with E-state index in [4.69, 9.17) is 10.5 Å². The second kappa shape index (κ2) is 5.69. The first-order chi connectivity index (χ1) is 9.11. The van der Waals surface area contributed by atoms with Crippen molar-refractivity contribution >= 4 is 5.82 Å². The van der Waals surface area contributed by atoms with Crippen LogP contribution in [0.5, 0.6) is 5.75 Å². The largest absolute Gasteiger partial charge is 0.491 e. The fraction of sp³-hybridized carbons (Fsp3) is 0.333. The van der Waals surface area contributed by atoms with E-state index in [9.17, 15) is 0 Å². The Morgan fingerprint density at radius 2 is 2.05 bits per heavy atom. The molecule has 0 saturated carbocycles. The van der Waals surface area contributed by atoms with Gasteiger partial charge in [-0.15, -0.1) is 0 Å². The van der Waals surface area contributed by atoms with Crippen LogP contribution < -0.4 is 10.5 Å². The summed E-state index contributed by atoms with van der Waals surface area (Å²) in [5.41, 5.74) is 8.84. The Hall–Kier alpha value is -2.10. The van der Waals surface area contributed by atoms with Gasteiger partial charge in [0.15, 0.2) is 11.6 Å². The van der Waals surface area contributed by atoms with Gasteiger partial charge in [-0.3, -0.25) is 0 Å². The van der Waals surface area contributed by atoms with Crippen molar-refractivity contribution in [1.29, 1.82) is 0 Å². The summed E-state index contributed by atoms with van der Waals surface area (Å²) < 4.78 is 5.30. The van der Waals surface area contributed by atoms with Crippen LogP contribution in [-0.2, 0) is 6.42 Å². The van der Waals surface area contributed by atoms with E-state index >= 15 is 0 Å². The van der Waals surface area contributed by atoms with Crippen LogP contribution in [0.3, 0.4) is 0 Å². The molecule has 4 nitrogen and oxygen atoms in total. The van der Waals surface area contributed by atoms with Gasteiger partial charge in [-0.1, -0.05) is 32.0 Å². The first-order valence-corrected chi connectivity index (χ1v) is 6.35. The lowest BCUT2D eigenvalue weighted by molar-refractivity contribution is 0.415. The zero-order valence-electron chi connectivity index (χ0n) is 11.6. The predicted molar refractivity (Wildman–Crippen MR) is 77.0 cm³/mol. The molecule has 0 fully saturated rings. The first kappa shape index (κ1) is 13.3. The fourth-order valence-corrected chi connectivity index (χ4v) is 2.11. The Bertz CT molecular complexity index is 567. The smallest absolute Gasteiger partial charge is 0.187 e. The van der Waals surface area contributed by atoms with Crippen molar-refractivity contribution < 1.29 is 4.74 Å². The molecule has 0 amide bonds. The van der Waals surface area contributed by atoms with Crippen molar-refractivity contribution in [2.45, 2.75) is 20.3 Å². The molecule has 19 heavy (non-hydrogen) atoms. The molecule has 0 aliphatic carbocycles. The highest BCUT2D eigenvalue weighted by molar-refractivity contribution is 5.71. The summed E-state index contributed by atoms with van der Waals surface area (Å²) in [6.45, 7) is 4.41. The molecule has 0 radical (unpaired) electrons. The van der Waals surface area contributed by atoms with Crippen LogP contribution in [0.25, 0.3) is 11.3 Å². The summed E-state index contributed by atoms with van der Waals surface area (Å²) in [6.07, 6.45) is 2.50. The Morgan fingerprint density at radius 1 is 1.26 bits per heavy atom. The molecular weight excluding hydrogens is 238 g/mol. The molecule has 0 unspecified atom stereocenters. The molecule has 0 aliphatic rings. The second-order valence-electron chi connectivity index (χ2n) is 4.94. The Balaban J connectivity index is 2.44. The van der Waals surface area contributed by atoms with Crippen LogP contribution in [0.4, 0.5) is 5.82 Å². The minimum absolute atomic E-state index is 0.363. The summed E-state index contributed by atoms with van der Waals surface area (Å²) in [4.78, 5) is 8.23. The lowest BCUT2D eigenvalue weighted by Crippen LogP contribution is -2.00. The number of ether oxygens (including phenoxy) is 1. The number of nitrogen functional groups attached to an aromatic ring is 1. The zero-order chi connectivity index (χ0) is 13.8. The molecule has 0 saturated heterocycles. The van der Waals surface area contributed by atoms with Gasteiger partial charge in [-0.05, 0) is 24.0 Å². The van der Waals surface area contributed by atoms with Gasteiger partial charge in [0, 0.05) is 5.56 Å². The van der Waals surface area contributed by atoms with Crippen LogP contribution in [0.1, 0.15) is 19.4 Å². The van der Waals surface area contributed by atoms with E-state index in [0.717, 1.165) is 17.7 Å². The minimum Gasteiger partial charge on any atom is -0.491 e. The van der Waals surface area contributed by atoms with E-state index in [1.165, 1.54) is 11.9 Å². The third kappa shape index (κ3) is 3.02. The third-order valence-electron chi connectivity index (χ3n) is 2.88. The molecule has 4 heteroatoms. The van der Waals surface area contributed by atoms with Gasteiger partial charge < -0.3 is 10.5 Å². The molecule has 0 spiro atoms. The molecule has 2 aromatic rings. The molecule has 1 aromatic carbocycles. The van der Waals surface area contributed by atoms with Crippen LogP contribution in [0.2, 0.25) is 0 Å². The number of benzene rings is 1. The molecule has 1 heterocycles. The topological polar surface area (TPSA) is 61.0 Å². The van der Waals surface area contributed by atoms with Gasteiger partial charge in [0.2, 0.25) is 0 Å². The highest BCUT2D eigenvalue weighted by Crippen LogP contribution is 2.31. The average molecular weight is 257 g/mol. The Morgan fingerprint density at radius 3 is 2.74 bits per heavy atom. The van der Waals surface area contributed by atoms with Gasteiger partial charge in [0.05, 0.1) is 7.11 Å². The molecular formula is C15H19N3O. The van der Waals surface area contributed by atoms with Crippen LogP contribution in [0.15, 0.2) is 30.6 Å². The summed E-state index contributed by atoms with van der Waals surface area (Å²) in [5, 5.41) is 0. The maximum atomic E-state index is 5.81. The summed E-state index contributed by atoms with van der Waals surface area (Å²) in [5.74, 6) is 1.51. The predicted octanol–water partition coefficient (Wildman–Crippen LogP) is 2.93. The normalized spacial score (nSPS) is 10.7. The fourth-order valence-electron chi connectivity index (χ4n) is 2.11. The zero-order valence-corrected chi connectivity index (χ0v) is 11.6. The van der Waals surface area contributed by atoms with E-state index in [2.05, 4.69) is 35.9 Å². The average Bonchev–Trinajstić information content (AvgIpc) is 2.38. The quantitative estimate of drug-likeness (QED) is 0.914. The van der Waals surface area contributed by atoms with Crippen molar-refractivity contribution in [2.75, 3.05) is 12.8 Å². The van der Waals surface area contributed by atoms with Gasteiger partial charge in [-0.25, -0.2) is 9.97 Å². The number of nitrogens with zero attached hydrogens (tertiary/aromatic N) is 2. The lowest BCUT2D eigenvalue weighted by Gasteiger charge is -2.11. The molecule has 1 aromatic heterocycles. The van der Waals surface area contributed by atoms with Gasteiger partial charge >= 0.3 is 0 Å². The summed E-state index contributed by atoms with van der Waals surface area (Å²) in [6, 6.07) is 8.30. The van der Waals surface area contributed by atoms with Crippen molar-refractivity contribution in [3.8, 4) is 17.0 Å². The highest BCUT2D eigenvalue weighted by atomic mass is 16.5. The number of anilines is 1. The number of aromatic nitrogens is 2. The van der Waals surface area contributed by atoms with Crippen molar-refractivity contribution in [3.05, 3.63) is 36.2 Å². The maximum absolute atomic E-state index is 5.81. The number of hydrogen-bond donors (Lipinski definition) is 1. The molecule has 0 aliphatic heterocycles. The van der Waals surface area contributed by atoms with Crippen LogP contribution >= 0.6 is 0 Å². The number of methoxy groups -OCH3 is 1. The second-order valence-corrected chi connectivity index (χ2v) is 4.94. The SMILES string of the molecule is COc1c(N)ncnc1-c1cccc(CC(C)C)c1. The molecule has 100 valence electrons. The van der Waals surface area contributed by atoms with Crippen molar-refractivity contribution in [2.24, 2.45) is 5.92 Å². The van der Waals surface area contributed by atoms with E-state index in [0.29, 0.717) is 17.5 Å². The minimum atomic E-state index is 0.363. The lowest BCUT2D eigenvalue weighted by atomic mass is 10.00. The van der Waals surface area contributed by atoms with E-state index in [1.54, 1.807) is 7.11 Å². The molecule has 0 bridgehead atoms. The molecule has 0 atom stereocenters. The Labute approximate surface area is 113 Å². The van der Waals surface area contributed by atoms with Crippen molar-refractivity contribution in [3.63, 3.8) is 0 Å². The van der Waals surface area contributed by atoms with E-state index < -0.39 is 0 Å². The van der Waals surface area contributed by atoms with Crippen molar-refractivity contribution in [1.82, 2.24) is 9.97 Å². The summed E-state index contributed by atoms with van der Waals surface area (Å²) >= 11 is 0. The molecule has 2 N–H and O–H groups in total. The van der Waals surface area contributed by atoms with E-state index in [-0.39, 0.29) is 0 Å². The molecule has 2 rings (SSSR count). The van der Waals surface area contributed by atoms with Gasteiger partial charge in [-0.2, -0.15) is 0 Å². The standard InChI is InChI=1S/C15H19N3O/c1-10(2)7-11-5-4-6-12(8-11)13-14(19-3)15(16)18-9-17-13/h4-6,8-10H,7H2,1-3H3,(H2,16,17,18). The van der Waals surface area contributed by atoms with Gasteiger partial charge in [0.1, 0.15) is 12.0 Å². The highest BCUT2D eigenvalue weighted by Gasteiger charge is 2.12.